The summed E-state index contributed by atoms with van der Waals surface area (Å²) in [5, 5.41) is 7.80. The zero-order chi connectivity index (χ0) is 19.5. The van der Waals surface area contributed by atoms with Crippen molar-refractivity contribution in [2.45, 2.75) is 60.4 Å². The van der Waals surface area contributed by atoms with E-state index in [4.69, 9.17) is 16.1 Å². The van der Waals surface area contributed by atoms with Crippen LogP contribution in [-0.4, -0.2) is 16.0 Å². The second-order valence-electron chi connectivity index (χ2n) is 8.09. The maximum Gasteiger partial charge on any atom is 0.249 e. The maximum atomic E-state index is 12.4. The molecular formula is C20H28ClN3O2. The lowest BCUT2D eigenvalue weighted by molar-refractivity contribution is -0.124. The average Bonchev–Trinajstić information content (AvgIpc) is 3.02. The van der Waals surface area contributed by atoms with Crippen LogP contribution in [0.3, 0.4) is 0 Å². The summed E-state index contributed by atoms with van der Waals surface area (Å²) in [5.74, 6) is 1.06. The van der Waals surface area contributed by atoms with Crippen molar-refractivity contribution in [3.63, 3.8) is 0 Å². The molecule has 1 heterocycles. The van der Waals surface area contributed by atoms with Crippen LogP contribution >= 0.6 is 11.6 Å². The molecule has 2 aromatic rings. The molecule has 142 valence electrons. The molecule has 26 heavy (non-hydrogen) atoms. The fourth-order valence-electron chi connectivity index (χ4n) is 2.60. The third-order valence-corrected chi connectivity index (χ3v) is 4.77. The standard InChI is InChI=1S/C20H28ClN3O2/c1-7-12(2)17(22-16(25)11-20(4,5)6)19-23-18(24-26-19)14-9-8-13(3)15(21)10-14/h8-10,12,17H,7,11H2,1-6H3,(H,22,25). The molecular weight excluding hydrogens is 350 g/mol. The molecule has 0 aliphatic carbocycles. The molecule has 1 aromatic heterocycles. The Kier molecular flexibility index (Phi) is 6.45. The molecule has 2 rings (SSSR count). The molecule has 1 amide bonds. The monoisotopic (exact) mass is 377 g/mol. The van der Waals surface area contributed by atoms with E-state index in [-0.39, 0.29) is 23.3 Å². The number of aromatic nitrogens is 2. The van der Waals surface area contributed by atoms with Crippen molar-refractivity contribution in [3.8, 4) is 11.4 Å². The highest BCUT2D eigenvalue weighted by atomic mass is 35.5. The van der Waals surface area contributed by atoms with E-state index in [1.807, 2.05) is 45.9 Å². The number of nitrogens with zero attached hydrogens (tertiary/aromatic N) is 2. The first-order chi connectivity index (χ1) is 12.1. The van der Waals surface area contributed by atoms with E-state index in [9.17, 15) is 4.79 Å². The highest BCUT2D eigenvalue weighted by Crippen LogP contribution is 2.28. The molecule has 5 nitrogen and oxygen atoms in total. The fourth-order valence-corrected chi connectivity index (χ4v) is 2.78. The van der Waals surface area contributed by atoms with Crippen molar-refractivity contribution in [1.82, 2.24) is 15.5 Å². The van der Waals surface area contributed by atoms with Crippen molar-refractivity contribution in [1.29, 1.82) is 0 Å². The van der Waals surface area contributed by atoms with Gasteiger partial charge in [-0.25, -0.2) is 0 Å². The summed E-state index contributed by atoms with van der Waals surface area (Å²) < 4.78 is 5.49. The second-order valence-corrected chi connectivity index (χ2v) is 8.50. The van der Waals surface area contributed by atoms with Crippen LogP contribution in [0.15, 0.2) is 22.7 Å². The summed E-state index contributed by atoms with van der Waals surface area (Å²) in [5.41, 5.74) is 1.70. The first kappa shape index (κ1) is 20.4. The minimum absolute atomic E-state index is 0.0130. The number of hydrogen-bond donors (Lipinski definition) is 1. The molecule has 0 bridgehead atoms. The molecule has 2 atom stereocenters. The minimum atomic E-state index is -0.308. The Hall–Kier alpha value is -1.88. The van der Waals surface area contributed by atoms with Gasteiger partial charge < -0.3 is 9.84 Å². The van der Waals surface area contributed by atoms with Crippen LogP contribution in [0.5, 0.6) is 0 Å². The number of amides is 1. The van der Waals surface area contributed by atoms with Crippen LogP contribution in [0, 0.1) is 18.3 Å². The number of rotatable bonds is 6. The van der Waals surface area contributed by atoms with Gasteiger partial charge in [-0.15, -0.1) is 0 Å². The molecule has 0 aliphatic heterocycles. The second kappa shape index (κ2) is 8.21. The molecule has 0 saturated carbocycles. The molecule has 6 heteroatoms. The number of nitrogens with one attached hydrogen (secondary N) is 1. The van der Waals surface area contributed by atoms with Crippen molar-refractivity contribution in [2.24, 2.45) is 11.3 Å². The third kappa shape index (κ3) is 5.31. The molecule has 0 saturated heterocycles. The molecule has 0 aliphatic rings. The first-order valence-corrected chi connectivity index (χ1v) is 9.38. The highest BCUT2D eigenvalue weighted by Gasteiger charge is 2.28. The Morgan fingerprint density at radius 2 is 2.04 bits per heavy atom. The summed E-state index contributed by atoms with van der Waals surface area (Å²) in [6.07, 6.45) is 1.32. The number of aryl methyl sites for hydroxylation is 1. The van der Waals surface area contributed by atoms with Gasteiger partial charge in [-0.3, -0.25) is 4.79 Å². The Balaban J connectivity index is 2.25. The SMILES string of the molecule is CCC(C)C(NC(=O)CC(C)(C)C)c1nc(-c2ccc(C)c(Cl)c2)no1. The van der Waals surface area contributed by atoms with Gasteiger partial charge in [0.25, 0.3) is 0 Å². The Bertz CT molecular complexity index is 765. The molecule has 2 unspecified atom stereocenters. The number of halogens is 1. The zero-order valence-corrected chi connectivity index (χ0v) is 17.1. The Labute approximate surface area is 160 Å². The Morgan fingerprint density at radius 1 is 1.35 bits per heavy atom. The van der Waals surface area contributed by atoms with Gasteiger partial charge in [0.2, 0.25) is 17.6 Å². The number of carbonyl (C=O) groups excluding carboxylic acids is 1. The van der Waals surface area contributed by atoms with Crippen LogP contribution in [-0.2, 0) is 4.79 Å². The van der Waals surface area contributed by atoms with E-state index in [1.165, 1.54) is 0 Å². The summed E-state index contributed by atoms with van der Waals surface area (Å²) in [7, 11) is 0. The van der Waals surface area contributed by atoms with Gasteiger partial charge in [0.05, 0.1) is 0 Å². The van der Waals surface area contributed by atoms with E-state index >= 15 is 0 Å². The first-order valence-electron chi connectivity index (χ1n) is 9.00. The fraction of sp³-hybridized carbons (Fsp3) is 0.550. The van der Waals surface area contributed by atoms with Crippen molar-refractivity contribution in [3.05, 3.63) is 34.7 Å². The quantitative estimate of drug-likeness (QED) is 0.737. The molecule has 1 N–H and O–H groups in total. The van der Waals surface area contributed by atoms with E-state index < -0.39 is 0 Å². The van der Waals surface area contributed by atoms with Crippen LogP contribution in [0.1, 0.15) is 65.0 Å². The zero-order valence-electron chi connectivity index (χ0n) is 16.4. The van der Waals surface area contributed by atoms with E-state index in [2.05, 4.69) is 29.3 Å². The minimum Gasteiger partial charge on any atom is -0.344 e. The lowest BCUT2D eigenvalue weighted by Crippen LogP contribution is -2.34. The third-order valence-electron chi connectivity index (χ3n) is 4.36. The Morgan fingerprint density at radius 3 is 2.62 bits per heavy atom. The predicted molar refractivity (Wildman–Crippen MR) is 104 cm³/mol. The summed E-state index contributed by atoms with van der Waals surface area (Å²) in [4.78, 5) is 16.9. The largest absolute Gasteiger partial charge is 0.344 e. The van der Waals surface area contributed by atoms with Gasteiger partial charge >= 0.3 is 0 Å². The lowest BCUT2D eigenvalue weighted by Gasteiger charge is -2.23. The summed E-state index contributed by atoms with van der Waals surface area (Å²) in [6, 6.07) is 5.34. The van der Waals surface area contributed by atoms with Crippen molar-refractivity contribution >= 4 is 17.5 Å². The van der Waals surface area contributed by atoms with Crippen LogP contribution in [0.25, 0.3) is 11.4 Å². The number of hydrogen-bond acceptors (Lipinski definition) is 4. The molecule has 0 radical (unpaired) electrons. The van der Waals surface area contributed by atoms with E-state index in [0.717, 1.165) is 17.5 Å². The van der Waals surface area contributed by atoms with Gasteiger partial charge in [0, 0.05) is 17.0 Å². The average molecular weight is 378 g/mol. The number of benzene rings is 1. The molecule has 0 spiro atoms. The summed E-state index contributed by atoms with van der Waals surface area (Å²) in [6.45, 7) is 12.2. The van der Waals surface area contributed by atoms with Crippen LogP contribution in [0.4, 0.5) is 0 Å². The summed E-state index contributed by atoms with van der Waals surface area (Å²) >= 11 is 6.19. The van der Waals surface area contributed by atoms with Crippen molar-refractivity contribution < 1.29 is 9.32 Å². The molecule has 0 fully saturated rings. The van der Waals surface area contributed by atoms with E-state index in [0.29, 0.717) is 23.2 Å². The van der Waals surface area contributed by atoms with Gasteiger partial charge in [-0.2, -0.15) is 4.98 Å². The van der Waals surface area contributed by atoms with E-state index in [1.54, 1.807) is 0 Å². The van der Waals surface area contributed by atoms with Gasteiger partial charge in [0.15, 0.2) is 0 Å². The topological polar surface area (TPSA) is 68.0 Å². The lowest BCUT2D eigenvalue weighted by atomic mass is 9.91. The predicted octanol–water partition coefficient (Wildman–Crippen LogP) is 5.34. The number of carbonyl (C=O) groups is 1. The highest BCUT2D eigenvalue weighted by molar-refractivity contribution is 6.31. The maximum absolute atomic E-state index is 12.4. The van der Waals surface area contributed by atoms with Crippen LogP contribution in [0.2, 0.25) is 5.02 Å². The van der Waals surface area contributed by atoms with Crippen LogP contribution < -0.4 is 5.32 Å². The van der Waals surface area contributed by atoms with Crippen molar-refractivity contribution in [2.75, 3.05) is 0 Å². The molecule has 1 aromatic carbocycles. The normalized spacial score (nSPS) is 14.1. The smallest absolute Gasteiger partial charge is 0.249 e. The van der Waals surface area contributed by atoms with Gasteiger partial charge in [-0.1, -0.05) is 69.9 Å². The van der Waals surface area contributed by atoms with Gasteiger partial charge in [0.1, 0.15) is 6.04 Å². The van der Waals surface area contributed by atoms with Gasteiger partial charge in [-0.05, 0) is 29.9 Å².